The van der Waals surface area contributed by atoms with Crippen LogP contribution in [0.2, 0.25) is 0 Å². The van der Waals surface area contributed by atoms with Crippen molar-refractivity contribution < 1.29 is 13.2 Å². The number of carbonyl (C=O) groups is 1. The minimum atomic E-state index is -3.41. The van der Waals surface area contributed by atoms with Crippen molar-refractivity contribution in [2.24, 2.45) is 17.6 Å². The van der Waals surface area contributed by atoms with E-state index in [1.165, 1.54) is 11.3 Å². The van der Waals surface area contributed by atoms with Gasteiger partial charge in [-0.2, -0.15) is 4.31 Å². The number of piperidine rings is 1. The number of nitrogens with two attached hydrogens (primary N) is 1. The number of sulfonamides is 1. The summed E-state index contributed by atoms with van der Waals surface area (Å²) in [7, 11) is -3.41. The van der Waals surface area contributed by atoms with Gasteiger partial charge in [0.1, 0.15) is 4.21 Å². The van der Waals surface area contributed by atoms with E-state index in [0.717, 1.165) is 17.7 Å². The molecule has 0 unspecified atom stereocenters. The van der Waals surface area contributed by atoms with Gasteiger partial charge in [-0.25, -0.2) is 8.42 Å². The Morgan fingerprint density at radius 3 is 2.64 bits per heavy atom. The summed E-state index contributed by atoms with van der Waals surface area (Å²) in [6.07, 6.45) is 2.83. The van der Waals surface area contributed by atoms with Gasteiger partial charge in [0.05, 0.1) is 0 Å². The average Bonchev–Trinajstić information content (AvgIpc) is 3.04. The summed E-state index contributed by atoms with van der Waals surface area (Å²) in [6.45, 7) is 6.26. The molecule has 1 amide bonds. The van der Waals surface area contributed by atoms with Gasteiger partial charge in [0, 0.05) is 30.9 Å². The van der Waals surface area contributed by atoms with Crippen LogP contribution in [0.1, 0.15) is 38.0 Å². The predicted octanol–water partition coefficient (Wildman–Crippen LogP) is 1.81. The highest BCUT2D eigenvalue weighted by Gasteiger charge is 2.30. The molecule has 6 nitrogen and oxygen atoms in total. The Morgan fingerprint density at radius 2 is 2.04 bits per heavy atom. The van der Waals surface area contributed by atoms with Crippen molar-refractivity contribution in [3.05, 3.63) is 17.0 Å². The van der Waals surface area contributed by atoms with Crippen molar-refractivity contribution in [3.8, 4) is 0 Å². The highest BCUT2D eigenvalue weighted by molar-refractivity contribution is 7.91. The van der Waals surface area contributed by atoms with E-state index < -0.39 is 10.0 Å². The summed E-state index contributed by atoms with van der Waals surface area (Å²) < 4.78 is 27.4. The lowest BCUT2D eigenvalue weighted by atomic mass is 9.99. The van der Waals surface area contributed by atoms with Gasteiger partial charge in [-0.05, 0) is 49.8 Å². The van der Waals surface area contributed by atoms with Crippen LogP contribution >= 0.6 is 11.3 Å². The van der Waals surface area contributed by atoms with Crippen LogP contribution in [0, 0.1) is 11.8 Å². The lowest BCUT2D eigenvalue weighted by molar-refractivity contribution is -0.121. The van der Waals surface area contributed by atoms with Crippen molar-refractivity contribution in [2.45, 2.75) is 43.7 Å². The molecule has 1 aromatic rings. The maximum atomic E-state index is 12.7. The number of nitrogens with zero attached hydrogens (tertiary/aromatic N) is 1. The van der Waals surface area contributed by atoms with Gasteiger partial charge < -0.3 is 11.1 Å². The van der Waals surface area contributed by atoms with Crippen LogP contribution in [0.25, 0.3) is 0 Å². The van der Waals surface area contributed by atoms with Crippen molar-refractivity contribution in [3.63, 3.8) is 0 Å². The zero-order valence-electron chi connectivity index (χ0n) is 15.0. The quantitative estimate of drug-likeness (QED) is 0.711. The van der Waals surface area contributed by atoms with E-state index in [4.69, 9.17) is 5.73 Å². The Bertz CT molecular complexity index is 662. The van der Waals surface area contributed by atoms with Crippen molar-refractivity contribution >= 4 is 27.3 Å². The van der Waals surface area contributed by atoms with E-state index in [2.05, 4.69) is 5.32 Å². The Labute approximate surface area is 154 Å². The maximum absolute atomic E-state index is 12.7. The van der Waals surface area contributed by atoms with Crippen LogP contribution in [0.15, 0.2) is 16.3 Å². The second-order valence-electron chi connectivity index (χ2n) is 7.00. The minimum Gasteiger partial charge on any atom is -0.356 e. The third kappa shape index (κ3) is 5.77. The molecule has 142 valence electrons. The number of rotatable bonds is 8. The minimum absolute atomic E-state index is 0.0437. The van der Waals surface area contributed by atoms with E-state index in [1.54, 1.807) is 10.4 Å². The van der Waals surface area contributed by atoms with Crippen LogP contribution in [0.3, 0.4) is 0 Å². The highest BCUT2D eigenvalue weighted by Crippen LogP contribution is 2.28. The largest absolute Gasteiger partial charge is 0.356 e. The highest BCUT2D eigenvalue weighted by atomic mass is 32.2. The van der Waals surface area contributed by atoms with E-state index in [-0.39, 0.29) is 5.91 Å². The normalized spacial score (nSPS) is 17.1. The zero-order chi connectivity index (χ0) is 18.4. The molecule has 1 aliphatic rings. The first-order valence-corrected chi connectivity index (χ1v) is 11.1. The first kappa shape index (κ1) is 20.4. The van der Waals surface area contributed by atoms with Gasteiger partial charge in [0.15, 0.2) is 0 Å². The first-order valence-electron chi connectivity index (χ1n) is 8.88. The van der Waals surface area contributed by atoms with Crippen molar-refractivity contribution in [1.29, 1.82) is 0 Å². The molecular formula is C17H29N3O3S2. The Kier molecular flexibility index (Phi) is 7.42. The van der Waals surface area contributed by atoms with Gasteiger partial charge in [-0.15, -0.1) is 11.3 Å². The molecule has 3 N–H and O–H groups in total. The standard InChI is InChI=1S/C17H29N3O3S2/c1-13(2)11-16(21)19-8-5-15-3-4-17(24-15)25(22,23)20-9-6-14(12-18)7-10-20/h3-4,13-14H,5-12,18H2,1-2H3,(H,19,21). The van der Waals surface area contributed by atoms with E-state index >= 15 is 0 Å². The summed E-state index contributed by atoms with van der Waals surface area (Å²) in [4.78, 5) is 12.6. The monoisotopic (exact) mass is 387 g/mol. The molecule has 0 atom stereocenters. The molecule has 1 aliphatic heterocycles. The number of hydrogen-bond donors (Lipinski definition) is 2. The second kappa shape index (κ2) is 9.12. The molecule has 0 bridgehead atoms. The number of amides is 1. The molecule has 2 heterocycles. The first-order chi connectivity index (χ1) is 11.8. The molecule has 0 spiro atoms. The van der Waals surface area contributed by atoms with Crippen LogP contribution < -0.4 is 11.1 Å². The third-order valence-electron chi connectivity index (χ3n) is 4.43. The molecule has 8 heteroatoms. The molecule has 0 aliphatic carbocycles. The fourth-order valence-electron chi connectivity index (χ4n) is 2.91. The topological polar surface area (TPSA) is 92.5 Å². The predicted molar refractivity (Wildman–Crippen MR) is 101 cm³/mol. The van der Waals surface area contributed by atoms with Gasteiger partial charge in [0.2, 0.25) is 5.91 Å². The molecule has 1 saturated heterocycles. The SMILES string of the molecule is CC(C)CC(=O)NCCc1ccc(S(=O)(=O)N2CCC(CN)CC2)s1. The lowest BCUT2D eigenvalue weighted by Gasteiger charge is -2.30. The molecular weight excluding hydrogens is 358 g/mol. The number of nitrogens with one attached hydrogen (secondary N) is 1. The number of carbonyl (C=O) groups excluding carboxylic acids is 1. The summed E-state index contributed by atoms with van der Waals surface area (Å²) in [5, 5.41) is 2.88. The lowest BCUT2D eigenvalue weighted by Crippen LogP contribution is -2.39. The Hall–Kier alpha value is -0.960. The van der Waals surface area contributed by atoms with Crippen LogP contribution in [-0.4, -0.2) is 44.8 Å². The summed E-state index contributed by atoms with van der Waals surface area (Å²) in [6, 6.07) is 3.53. The van der Waals surface area contributed by atoms with Crippen LogP contribution in [0.4, 0.5) is 0 Å². The van der Waals surface area contributed by atoms with Crippen molar-refractivity contribution in [2.75, 3.05) is 26.2 Å². The fraction of sp³-hybridized carbons (Fsp3) is 0.706. The van der Waals surface area contributed by atoms with Crippen LogP contribution in [0.5, 0.6) is 0 Å². The van der Waals surface area contributed by atoms with Gasteiger partial charge in [-0.3, -0.25) is 4.79 Å². The molecule has 25 heavy (non-hydrogen) atoms. The average molecular weight is 388 g/mol. The summed E-state index contributed by atoms with van der Waals surface area (Å²) >= 11 is 1.30. The molecule has 0 saturated carbocycles. The summed E-state index contributed by atoms with van der Waals surface area (Å²) in [5.41, 5.74) is 5.67. The van der Waals surface area contributed by atoms with E-state index in [1.807, 2.05) is 19.9 Å². The molecule has 1 fully saturated rings. The summed E-state index contributed by atoms with van der Waals surface area (Å²) in [5.74, 6) is 0.809. The zero-order valence-corrected chi connectivity index (χ0v) is 16.7. The number of hydrogen-bond acceptors (Lipinski definition) is 5. The van der Waals surface area contributed by atoms with E-state index in [9.17, 15) is 13.2 Å². The second-order valence-corrected chi connectivity index (χ2v) is 10.3. The van der Waals surface area contributed by atoms with Gasteiger partial charge in [0.25, 0.3) is 10.0 Å². The Morgan fingerprint density at radius 1 is 1.36 bits per heavy atom. The smallest absolute Gasteiger partial charge is 0.252 e. The molecule has 0 aromatic carbocycles. The fourth-order valence-corrected chi connectivity index (χ4v) is 5.89. The van der Waals surface area contributed by atoms with E-state index in [0.29, 0.717) is 55.1 Å². The molecule has 1 aromatic heterocycles. The van der Waals surface area contributed by atoms with Gasteiger partial charge >= 0.3 is 0 Å². The molecule has 0 radical (unpaired) electrons. The Balaban J connectivity index is 1.88. The third-order valence-corrected chi connectivity index (χ3v) is 7.94. The molecule has 2 rings (SSSR count). The van der Waals surface area contributed by atoms with Crippen LogP contribution in [-0.2, 0) is 21.2 Å². The number of thiophene rings is 1. The van der Waals surface area contributed by atoms with Gasteiger partial charge in [-0.1, -0.05) is 13.8 Å². The maximum Gasteiger partial charge on any atom is 0.252 e. The van der Waals surface area contributed by atoms with Crippen molar-refractivity contribution in [1.82, 2.24) is 9.62 Å².